The van der Waals surface area contributed by atoms with Crippen LogP contribution in [0.2, 0.25) is 0 Å². The first-order chi connectivity index (χ1) is 8.68. The van der Waals surface area contributed by atoms with Gasteiger partial charge in [-0.25, -0.2) is 4.98 Å². The van der Waals surface area contributed by atoms with Crippen LogP contribution in [0.4, 0.5) is 0 Å². The highest BCUT2D eigenvalue weighted by Gasteiger charge is 2.27. The third kappa shape index (κ3) is 3.10. The zero-order valence-electron chi connectivity index (χ0n) is 11.1. The van der Waals surface area contributed by atoms with Crippen molar-refractivity contribution in [3.8, 4) is 0 Å². The van der Waals surface area contributed by atoms with Crippen molar-refractivity contribution in [2.75, 3.05) is 19.6 Å². The number of rotatable bonds is 4. The van der Waals surface area contributed by atoms with E-state index in [-0.39, 0.29) is 11.8 Å². The van der Waals surface area contributed by atoms with E-state index in [1.165, 1.54) is 0 Å². The molecule has 1 aromatic heterocycles. The fourth-order valence-corrected chi connectivity index (χ4v) is 2.47. The molecule has 100 valence electrons. The second-order valence-corrected chi connectivity index (χ2v) is 5.07. The zero-order valence-corrected chi connectivity index (χ0v) is 11.1. The maximum absolute atomic E-state index is 12.1. The average molecular weight is 250 g/mol. The molecule has 1 amide bonds. The monoisotopic (exact) mass is 250 g/mol. The third-order valence-corrected chi connectivity index (χ3v) is 3.69. The van der Waals surface area contributed by atoms with Crippen LogP contribution < -0.4 is 10.6 Å². The van der Waals surface area contributed by atoms with Crippen LogP contribution >= 0.6 is 0 Å². The Labute approximate surface area is 108 Å². The van der Waals surface area contributed by atoms with Crippen LogP contribution in [0.5, 0.6) is 0 Å². The summed E-state index contributed by atoms with van der Waals surface area (Å²) in [5.74, 6) is 1.78. The Hall–Kier alpha value is -1.36. The lowest BCUT2D eigenvalue weighted by molar-refractivity contribution is -0.127. The van der Waals surface area contributed by atoms with Crippen LogP contribution in [0.1, 0.15) is 19.2 Å². The van der Waals surface area contributed by atoms with Gasteiger partial charge in [-0.05, 0) is 25.4 Å². The van der Waals surface area contributed by atoms with Gasteiger partial charge in [0.25, 0.3) is 0 Å². The highest BCUT2D eigenvalue weighted by Crippen LogP contribution is 2.18. The maximum atomic E-state index is 12.1. The van der Waals surface area contributed by atoms with E-state index in [1.807, 2.05) is 17.8 Å². The highest BCUT2D eigenvalue weighted by molar-refractivity contribution is 5.79. The quantitative estimate of drug-likeness (QED) is 0.809. The molecule has 2 atom stereocenters. The maximum Gasteiger partial charge on any atom is 0.223 e. The summed E-state index contributed by atoms with van der Waals surface area (Å²) in [7, 11) is 1.97. The van der Waals surface area contributed by atoms with Crippen LogP contribution in [0.25, 0.3) is 0 Å². The van der Waals surface area contributed by atoms with Gasteiger partial charge in [-0.2, -0.15) is 0 Å². The van der Waals surface area contributed by atoms with Gasteiger partial charge in [0.2, 0.25) is 5.91 Å². The Morgan fingerprint density at radius 3 is 3.17 bits per heavy atom. The number of hydrogen-bond acceptors (Lipinski definition) is 3. The van der Waals surface area contributed by atoms with Gasteiger partial charge in [-0.1, -0.05) is 6.92 Å². The van der Waals surface area contributed by atoms with Crippen molar-refractivity contribution in [2.45, 2.75) is 19.8 Å². The van der Waals surface area contributed by atoms with E-state index >= 15 is 0 Å². The molecule has 1 saturated heterocycles. The standard InChI is InChI=1S/C13H22N4O/c1-10-9-14-5-3-11(10)13(18)16-6-4-12-15-7-8-17(12)2/h7-8,10-11,14H,3-6,9H2,1-2H3,(H,16,18). The van der Waals surface area contributed by atoms with Gasteiger partial charge in [-0.15, -0.1) is 0 Å². The first kappa shape index (κ1) is 13.1. The molecule has 1 aliphatic heterocycles. The van der Waals surface area contributed by atoms with Gasteiger partial charge in [0, 0.05) is 38.3 Å². The largest absolute Gasteiger partial charge is 0.355 e. The molecule has 5 heteroatoms. The minimum atomic E-state index is 0.160. The summed E-state index contributed by atoms with van der Waals surface area (Å²) in [5.41, 5.74) is 0. The van der Waals surface area contributed by atoms with E-state index in [9.17, 15) is 4.79 Å². The summed E-state index contributed by atoms with van der Waals surface area (Å²) < 4.78 is 1.99. The first-order valence-electron chi connectivity index (χ1n) is 6.63. The fourth-order valence-electron chi connectivity index (χ4n) is 2.47. The summed E-state index contributed by atoms with van der Waals surface area (Å²) in [6.45, 7) is 4.69. The lowest BCUT2D eigenvalue weighted by atomic mass is 9.87. The van der Waals surface area contributed by atoms with Crippen LogP contribution in [0, 0.1) is 11.8 Å². The van der Waals surface area contributed by atoms with Crippen molar-refractivity contribution in [3.63, 3.8) is 0 Å². The van der Waals surface area contributed by atoms with Crippen molar-refractivity contribution in [1.82, 2.24) is 20.2 Å². The molecule has 1 aliphatic rings. The molecule has 0 bridgehead atoms. The Morgan fingerprint density at radius 2 is 2.50 bits per heavy atom. The molecule has 1 fully saturated rings. The Morgan fingerprint density at radius 1 is 1.67 bits per heavy atom. The molecule has 2 unspecified atom stereocenters. The molecule has 2 N–H and O–H groups in total. The van der Waals surface area contributed by atoms with E-state index in [0.717, 1.165) is 31.8 Å². The molecule has 2 heterocycles. The Kier molecular flexibility index (Phi) is 4.36. The van der Waals surface area contributed by atoms with Gasteiger partial charge < -0.3 is 15.2 Å². The number of aromatic nitrogens is 2. The van der Waals surface area contributed by atoms with E-state index in [1.54, 1.807) is 6.20 Å². The van der Waals surface area contributed by atoms with Crippen molar-refractivity contribution in [2.24, 2.45) is 18.9 Å². The van der Waals surface area contributed by atoms with Gasteiger partial charge in [-0.3, -0.25) is 4.79 Å². The van der Waals surface area contributed by atoms with Crippen molar-refractivity contribution < 1.29 is 4.79 Å². The number of amides is 1. The van der Waals surface area contributed by atoms with Gasteiger partial charge in [0.05, 0.1) is 0 Å². The second kappa shape index (κ2) is 6.00. The normalized spacial score (nSPS) is 23.9. The lowest BCUT2D eigenvalue weighted by Crippen LogP contribution is -2.43. The summed E-state index contributed by atoms with van der Waals surface area (Å²) in [4.78, 5) is 16.3. The van der Waals surface area contributed by atoms with E-state index in [4.69, 9.17) is 0 Å². The molecular weight excluding hydrogens is 228 g/mol. The van der Waals surface area contributed by atoms with E-state index < -0.39 is 0 Å². The first-order valence-corrected chi connectivity index (χ1v) is 6.63. The van der Waals surface area contributed by atoms with Crippen molar-refractivity contribution in [3.05, 3.63) is 18.2 Å². The number of aryl methyl sites for hydroxylation is 1. The molecule has 0 spiro atoms. The van der Waals surface area contributed by atoms with E-state index in [2.05, 4.69) is 22.5 Å². The minimum absolute atomic E-state index is 0.160. The van der Waals surface area contributed by atoms with Gasteiger partial charge in [0.15, 0.2) is 0 Å². The van der Waals surface area contributed by atoms with Crippen molar-refractivity contribution >= 4 is 5.91 Å². The molecule has 0 radical (unpaired) electrons. The van der Waals surface area contributed by atoms with Gasteiger partial charge in [0.1, 0.15) is 5.82 Å². The number of nitrogens with zero attached hydrogens (tertiary/aromatic N) is 2. The molecule has 1 aromatic rings. The molecule has 0 aromatic carbocycles. The molecule has 2 rings (SSSR count). The van der Waals surface area contributed by atoms with Crippen molar-refractivity contribution in [1.29, 1.82) is 0 Å². The smallest absolute Gasteiger partial charge is 0.223 e. The molecule has 0 aliphatic carbocycles. The third-order valence-electron chi connectivity index (χ3n) is 3.69. The second-order valence-electron chi connectivity index (χ2n) is 5.07. The number of carbonyl (C=O) groups excluding carboxylic acids is 1. The van der Waals surface area contributed by atoms with Crippen LogP contribution in [0.15, 0.2) is 12.4 Å². The molecule has 18 heavy (non-hydrogen) atoms. The van der Waals surface area contributed by atoms with Crippen LogP contribution in [0.3, 0.4) is 0 Å². The zero-order chi connectivity index (χ0) is 13.0. The summed E-state index contributed by atoms with van der Waals surface area (Å²) in [6, 6.07) is 0. The molecule has 0 saturated carbocycles. The Bertz CT molecular complexity index is 401. The average Bonchev–Trinajstić information content (AvgIpc) is 2.75. The predicted octanol–water partition coefficient (Wildman–Crippen LogP) is 0.324. The number of hydrogen-bond donors (Lipinski definition) is 2. The van der Waals surface area contributed by atoms with Gasteiger partial charge >= 0.3 is 0 Å². The molecular formula is C13H22N4O. The topological polar surface area (TPSA) is 59.0 Å². The number of piperidine rings is 1. The predicted molar refractivity (Wildman–Crippen MR) is 70.1 cm³/mol. The SMILES string of the molecule is CC1CNCCC1C(=O)NCCc1nccn1C. The van der Waals surface area contributed by atoms with E-state index in [0.29, 0.717) is 12.5 Å². The van der Waals surface area contributed by atoms with Crippen LogP contribution in [-0.4, -0.2) is 35.1 Å². The van der Waals surface area contributed by atoms with Crippen LogP contribution in [-0.2, 0) is 18.3 Å². The minimum Gasteiger partial charge on any atom is -0.355 e. The summed E-state index contributed by atoms with van der Waals surface area (Å²) >= 11 is 0. The summed E-state index contributed by atoms with van der Waals surface area (Å²) in [5, 5.41) is 6.34. The number of carbonyl (C=O) groups is 1. The summed E-state index contributed by atoms with van der Waals surface area (Å²) in [6.07, 6.45) is 5.43. The highest BCUT2D eigenvalue weighted by atomic mass is 16.1. The number of nitrogens with one attached hydrogen (secondary N) is 2. The molecule has 5 nitrogen and oxygen atoms in total. The fraction of sp³-hybridized carbons (Fsp3) is 0.692. The Balaban J connectivity index is 1.76. The number of imidazole rings is 1. The lowest BCUT2D eigenvalue weighted by Gasteiger charge is -2.28.